The Balaban J connectivity index is 1.62. The third kappa shape index (κ3) is 11.1. The van der Waals surface area contributed by atoms with E-state index in [9.17, 15) is 26.2 Å². The third-order valence-corrected chi connectivity index (χ3v) is 11.9. The summed E-state index contributed by atoms with van der Waals surface area (Å²) in [6.45, 7) is -0.271. The molecular formula is C26H25N5O16S5. The predicted molar refractivity (Wildman–Crippen MR) is 182 cm³/mol. The number of benzene rings is 4. The summed E-state index contributed by atoms with van der Waals surface area (Å²) in [7, 11) is -7.75. The van der Waals surface area contributed by atoms with E-state index in [0.29, 0.717) is 12.0 Å². The molecule has 280 valence electrons. The van der Waals surface area contributed by atoms with Crippen LogP contribution in [0.5, 0.6) is 5.75 Å². The Morgan fingerprint density at radius 2 is 1.42 bits per heavy atom. The molecule has 0 fully saturated rings. The van der Waals surface area contributed by atoms with Gasteiger partial charge in [-0.25, -0.2) is 36.8 Å². The Morgan fingerprint density at radius 3 is 2.13 bits per heavy atom. The van der Waals surface area contributed by atoms with Crippen LogP contribution < -0.4 is 5.73 Å². The molecule has 0 aliphatic rings. The number of phenols is 1. The molecule has 1 atom stereocenters. The molecule has 0 amide bonds. The number of anilines is 1. The summed E-state index contributed by atoms with van der Waals surface area (Å²) in [6, 6.07) is 14.9. The lowest BCUT2D eigenvalue weighted by molar-refractivity contribution is -0.434. The van der Waals surface area contributed by atoms with Crippen molar-refractivity contribution in [2.24, 2.45) is 20.5 Å². The standard InChI is InChI=1S/C26H25N5O16S5/c27-22-9-8-20-21(24(22)30-28-16-4-6-18(7-5-16)51(37,38)12-10-41-49-46-43-34)15-23(48-45-42-33)25(26(20)32)31-29-17-2-1-3-19(14-17)52(39,40)13-11-50(36)47-44-35/h1-9,14-15,32-35H,10-13,27H2. The van der Waals surface area contributed by atoms with Crippen molar-refractivity contribution in [3.8, 4) is 5.75 Å². The molecule has 0 saturated heterocycles. The van der Waals surface area contributed by atoms with Crippen molar-refractivity contribution in [1.82, 2.24) is 0 Å². The largest absolute Gasteiger partial charge is 0.505 e. The second-order valence-electron chi connectivity index (χ2n) is 9.61. The molecule has 0 bridgehead atoms. The summed E-state index contributed by atoms with van der Waals surface area (Å²) in [5, 5.41) is 63.5. The molecule has 0 heterocycles. The highest BCUT2D eigenvalue weighted by molar-refractivity contribution is 7.94. The quantitative estimate of drug-likeness (QED) is 0.0170. The van der Waals surface area contributed by atoms with E-state index in [4.69, 9.17) is 25.7 Å². The van der Waals surface area contributed by atoms with Gasteiger partial charge in [-0.15, -0.1) is 23.2 Å². The summed E-state index contributed by atoms with van der Waals surface area (Å²) in [5.74, 6) is -1.99. The Hall–Kier alpha value is -3.71. The van der Waals surface area contributed by atoms with E-state index >= 15 is 0 Å². The third-order valence-electron chi connectivity index (χ3n) is 6.46. The average Bonchev–Trinajstić information content (AvgIpc) is 3.12. The Bertz CT molecular complexity index is 2160. The molecule has 4 aromatic rings. The van der Waals surface area contributed by atoms with Crippen LogP contribution in [0.2, 0.25) is 0 Å². The molecule has 0 aromatic heterocycles. The number of hydrogen-bond acceptors (Lipinski definition) is 23. The van der Waals surface area contributed by atoms with Gasteiger partial charge in [-0.1, -0.05) is 21.2 Å². The van der Waals surface area contributed by atoms with Crippen LogP contribution >= 0.6 is 24.4 Å². The smallest absolute Gasteiger partial charge is 0.197 e. The first-order valence-corrected chi connectivity index (χ1v) is 19.7. The van der Waals surface area contributed by atoms with Crippen LogP contribution in [0.25, 0.3) is 10.8 Å². The van der Waals surface area contributed by atoms with Crippen molar-refractivity contribution in [1.29, 1.82) is 0 Å². The Morgan fingerprint density at radius 1 is 0.731 bits per heavy atom. The fourth-order valence-corrected chi connectivity index (χ4v) is 8.39. The van der Waals surface area contributed by atoms with Crippen LogP contribution in [-0.4, -0.2) is 65.8 Å². The molecule has 0 saturated carbocycles. The SMILES string of the molecule is Nc1ccc2c(O)c(N=Nc3cccc(S(=O)(=O)CCS(=O)OOO)c3)c(SOOO)cc2c1N=Nc1ccc(S(=O)(=O)CCOSOOO)cc1. The van der Waals surface area contributed by atoms with Crippen molar-refractivity contribution < 1.29 is 74.2 Å². The molecule has 0 aliphatic heterocycles. The highest BCUT2D eigenvalue weighted by Crippen LogP contribution is 2.47. The monoisotopic (exact) mass is 823 g/mol. The van der Waals surface area contributed by atoms with Crippen LogP contribution in [-0.2, 0) is 63.1 Å². The number of phenolic OH excluding ortho intramolecular Hbond substituents is 1. The number of hydrogen-bond donors (Lipinski definition) is 5. The van der Waals surface area contributed by atoms with Crippen LogP contribution in [0.15, 0.2) is 102 Å². The van der Waals surface area contributed by atoms with Gasteiger partial charge in [-0.05, 0) is 60.7 Å². The minimum atomic E-state index is -3.99. The molecule has 6 N–H and O–H groups in total. The lowest BCUT2D eigenvalue weighted by Crippen LogP contribution is -2.14. The highest BCUT2D eigenvalue weighted by atomic mass is 32.2. The lowest BCUT2D eigenvalue weighted by Gasteiger charge is -2.11. The van der Waals surface area contributed by atoms with Gasteiger partial charge in [0.1, 0.15) is 11.4 Å². The van der Waals surface area contributed by atoms with E-state index in [1.54, 1.807) is 0 Å². The van der Waals surface area contributed by atoms with Gasteiger partial charge in [-0.3, -0.25) is 4.18 Å². The first-order valence-electron chi connectivity index (χ1n) is 13.8. The van der Waals surface area contributed by atoms with E-state index in [1.807, 2.05) is 0 Å². The van der Waals surface area contributed by atoms with E-state index in [0.717, 1.165) is 0 Å². The first kappa shape index (κ1) is 41.1. The summed E-state index contributed by atoms with van der Waals surface area (Å²) in [6.07, 6.45) is 0. The van der Waals surface area contributed by atoms with Crippen LogP contribution in [0.1, 0.15) is 0 Å². The number of nitrogens with zero attached hydrogens (tertiary/aromatic N) is 4. The highest BCUT2D eigenvalue weighted by Gasteiger charge is 2.20. The molecule has 1 unspecified atom stereocenters. The van der Waals surface area contributed by atoms with E-state index < -0.39 is 53.8 Å². The van der Waals surface area contributed by atoms with Gasteiger partial charge in [0.2, 0.25) is 0 Å². The second kappa shape index (κ2) is 19.4. The number of azo groups is 2. The fourth-order valence-electron chi connectivity index (χ4n) is 4.11. The van der Waals surface area contributed by atoms with Gasteiger partial charge in [0.15, 0.2) is 48.8 Å². The maximum absolute atomic E-state index is 12.7. The van der Waals surface area contributed by atoms with Gasteiger partial charge in [0.05, 0.1) is 67.7 Å². The van der Waals surface area contributed by atoms with E-state index in [-0.39, 0.29) is 72.8 Å². The molecule has 0 radical (unpaired) electrons. The molecule has 4 rings (SSSR count). The van der Waals surface area contributed by atoms with Gasteiger partial charge >= 0.3 is 0 Å². The summed E-state index contributed by atoms with van der Waals surface area (Å²) in [5.41, 5.74) is 6.48. The maximum Gasteiger partial charge on any atom is 0.197 e. The molecular weight excluding hydrogens is 799 g/mol. The van der Waals surface area contributed by atoms with E-state index in [1.165, 1.54) is 66.7 Å². The van der Waals surface area contributed by atoms with Crippen LogP contribution in [0.4, 0.5) is 28.4 Å². The lowest BCUT2D eigenvalue weighted by atomic mass is 10.1. The van der Waals surface area contributed by atoms with Crippen molar-refractivity contribution in [3.63, 3.8) is 0 Å². The number of sulfone groups is 2. The zero-order chi connectivity index (χ0) is 37.7. The van der Waals surface area contributed by atoms with Gasteiger partial charge in [-0.2, -0.15) is 10.2 Å². The molecule has 0 spiro atoms. The van der Waals surface area contributed by atoms with Gasteiger partial charge in [0, 0.05) is 10.8 Å². The fraction of sp³-hybridized carbons (Fsp3) is 0.154. The Labute approximate surface area is 304 Å². The van der Waals surface area contributed by atoms with Crippen molar-refractivity contribution in [2.75, 3.05) is 29.6 Å². The zero-order valence-corrected chi connectivity index (χ0v) is 29.9. The van der Waals surface area contributed by atoms with E-state index in [2.05, 4.69) is 48.6 Å². The minimum Gasteiger partial charge on any atom is -0.505 e. The first-order chi connectivity index (χ1) is 24.9. The number of aromatic hydroxyl groups is 1. The topological polar surface area (TPSA) is 306 Å². The summed E-state index contributed by atoms with van der Waals surface area (Å²) < 4.78 is 79.4. The predicted octanol–water partition coefficient (Wildman–Crippen LogP) is 6.02. The van der Waals surface area contributed by atoms with Crippen molar-refractivity contribution in [3.05, 3.63) is 66.7 Å². The minimum absolute atomic E-state index is 0.0228. The molecule has 0 aliphatic carbocycles. The number of nitrogens with two attached hydrogens (primary N) is 1. The maximum atomic E-state index is 12.7. The van der Waals surface area contributed by atoms with Crippen LogP contribution in [0, 0.1) is 0 Å². The molecule has 52 heavy (non-hydrogen) atoms. The van der Waals surface area contributed by atoms with Gasteiger partial charge < -0.3 is 10.8 Å². The van der Waals surface area contributed by atoms with Crippen molar-refractivity contribution in [2.45, 2.75) is 14.7 Å². The number of rotatable bonds is 20. The van der Waals surface area contributed by atoms with Gasteiger partial charge in [0.25, 0.3) is 0 Å². The second-order valence-corrected chi connectivity index (χ2v) is 16.2. The zero-order valence-electron chi connectivity index (χ0n) is 25.8. The van der Waals surface area contributed by atoms with Crippen LogP contribution in [0.3, 0.4) is 0 Å². The normalized spacial score (nSPS) is 13.1. The number of nitrogen functional groups attached to an aromatic ring is 1. The molecule has 4 aromatic carbocycles. The Kier molecular flexibility index (Phi) is 15.3. The summed E-state index contributed by atoms with van der Waals surface area (Å²) >= 11 is -1.57. The molecule has 21 nitrogen and oxygen atoms in total. The average molecular weight is 824 g/mol. The number of fused-ring (bicyclic) bond motifs is 1. The summed E-state index contributed by atoms with van der Waals surface area (Å²) in [4.78, 5) is -0.212. The molecule has 26 heteroatoms. The van der Waals surface area contributed by atoms with Crippen molar-refractivity contribution >= 4 is 94.3 Å².